The summed E-state index contributed by atoms with van der Waals surface area (Å²) in [6.07, 6.45) is 6.47. The van der Waals surface area contributed by atoms with Crippen LogP contribution in [0.3, 0.4) is 0 Å². The number of aromatic amines is 1. The van der Waals surface area contributed by atoms with Gasteiger partial charge in [-0.2, -0.15) is 0 Å². The Morgan fingerprint density at radius 1 is 1.61 bits per heavy atom. The molecule has 0 fully saturated rings. The highest BCUT2D eigenvalue weighted by Gasteiger charge is 2.05. The molecule has 0 aromatic carbocycles. The quantitative estimate of drug-likeness (QED) is 0.549. The van der Waals surface area contributed by atoms with E-state index in [1.165, 1.54) is 0 Å². The lowest BCUT2D eigenvalue weighted by Crippen LogP contribution is -2.23. The second kappa shape index (κ2) is 8.66. The Labute approximate surface area is 107 Å². The fourth-order valence-corrected chi connectivity index (χ4v) is 1.62. The zero-order chi connectivity index (χ0) is 13.2. The van der Waals surface area contributed by atoms with Crippen LogP contribution in [0.1, 0.15) is 25.0 Å². The number of hydrogen-bond donors (Lipinski definition) is 3. The number of H-pyrrole nitrogens is 1. The molecule has 4 N–H and O–H groups in total. The number of imidazole rings is 1. The molecule has 0 saturated carbocycles. The molecule has 1 aromatic heterocycles. The summed E-state index contributed by atoms with van der Waals surface area (Å²) in [6.45, 7) is 1.11. The molecule has 0 spiro atoms. The highest BCUT2D eigenvalue weighted by atomic mass is 16.5. The van der Waals surface area contributed by atoms with E-state index in [0.29, 0.717) is 19.6 Å². The standard InChI is InChI=1S/C12H22N4O2/c1-14-12(17)4-6-18-5-2-3-10(13)7-11-8-15-9-16-11/h8-10H,2-7,13H2,1H3,(H,14,17)(H,15,16). The summed E-state index contributed by atoms with van der Waals surface area (Å²) < 4.78 is 5.36. The lowest BCUT2D eigenvalue weighted by molar-refractivity contribution is -0.121. The summed E-state index contributed by atoms with van der Waals surface area (Å²) in [6, 6.07) is 0.119. The molecule has 18 heavy (non-hydrogen) atoms. The van der Waals surface area contributed by atoms with E-state index >= 15 is 0 Å². The van der Waals surface area contributed by atoms with Gasteiger partial charge in [0.1, 0.15) is 0 Å². The normalized spacial score (nSPS) is 12.3. The fraction of sp³-hybridized carbons (Fsp3) is 0.667. The minimum absolute atomic E-state index is 0.00551. The molecule has 102 valence electrons. The van der Waals surface area contributed by atoms with E-state index < -0.39 is 0 Å². The van der Waals surface area contributed by atoms with Crippen LogP contribution in [0.4, 0.5) is 0 Å². The number of carbonyl (C=O) groups excluding carboxylic acids is 1. The van der Waals surface area contributed by atoms with E-state index in [4.69, 9.17) is 10.5 Å². The number of amides is 1. The van der Waals surface area contributed by atoms with Gasteiger partial charge in [-0.3, -0.25) is 4.79 Å². The van der Waals surface area contributed by atoms with Crippen LogP contribution in [0.15, 0.2) is 12.5 Å². The summed E-state index contributed by atoms with van der Waals surface area (Å²) in [5.74, 6) is 0.00551. The largest absolute Gasteiger partial charge is 0.381 e. The lowest BCUT2D eigenvalue weighted by atomic mass is 10.1. The molecular formula is C12H22N4O2. The van der Waals surface area contributed by atoms with Gasteiger partial charge in [-0.05, 0) is 12.8 Å². The van der Waals surface area contributed by atoms with Gasteiger partial charge in [0.2, 0.25) is 5.91 Å². The third-order valence-corrected chi connectivity index (χ3v) is 2.65. The number of rotatable bonds is 9. The first kappa shape index (κ1) is 14.7. The number of nitrogens with one attached hydrogen (secondary N) is 2. The van der Waals surface area contributed by atoms with Crippen molar-refractivity contribution in [1.82, 2.24) is 15.3 Å². The monoisotopic (exact) mass is 254 g/mol. The van der Waals surface area contributed by atoms with Gasteiger partial charge >= 0.3 is 0 Å². The molecule has 0 radical (unpaired) electrons. The Bertz CT molecular complexity index is 327. The number of hydrogen-bond acceptors (Lipinski definition) is 4. The summed E-state index contributed by atoms with van der Waals surface area (Å²) in [5.41, 5.74) is 7.04. The SMILES string of the molecule is CNC(=O)CCOCCCC(N)Cc1cnc[nH]1. The van der Waals surface area contributed by atoms with Crippen LogP contribution in [0.5, 0.6) is 0 Å². The van der Waals surface area contributed by atoms with Crippen molar-refractivity contribution >= 4 is 5.91 Å². The molecule has 0 bridgehead atoms. The number of ether oxygens (including phenoxy) is 1. The molecule has 1 amide bonds. The summed E-state index contributed by atoms with van der Waals surface area (Å²) in [7, 11) is 1.62. The van der Waals surface area contributed by atoms with Crippen LogP contribution in [0.2, 0.25) is 0 Å². The Morgan fingerprint density at radius 2 is 2.44 bits per heavy atom. The number of aromatic nitrogens is 2. The molecule has 1 aromatic rings. The third-order valence-electron chi connectivity index (χ3n) is 2.65. The van der Waals surface area contributed by atoms with E-state index in [1.807, 2.05) is 0 Å². The molecule has 6 heteroatoms. The van der Waals surface area contributed by atoms with Gasteiger partial charge in [0, 0.05) is 44.4 Å². The third kappa shape index (κ3) is 6.36. The Hall–Kier alpha value is -1.40. The van der Waals surface area contributed by atoms with Gasteiger partial charge in [-0.25, -0.2) is 4.98 Å². The van der Waals surface area contributed by atoms with Gasteiger partial charge in [-0.15, -0.1) is 0 Å². The van der Waals surface area contributed by atoms with Crippen LogP contribution in [0.25, 0.3) is 0 Å². The summed E-state index contributed by atoms with van der Waals surface area (Å²) >= 11 is 0. The molecule has 0 aliphatic carbocycles. The van der Waals surface area contributed by atoms with E-state index in [2.05, 4.69) is 15.3 Å². The highest BCUT2D eigenvalue weighted by Crippen LogP contribution is 2.02. The first-order valence-electron chi connectivity index (χ1n) is 6.23. The highest BCUT2D eigenvalue weighted by molar-refractivity contribution is 5.75. The van der Waals surface area contributed by atoms with Crippen LogP contribution in [-0.4, -0.2) is 42.2 Å². The fourth-order valence-electron chi connectivity index (χ4n) is 1.62. The topological polar surface area (TPSA) is 93.0 Å². The van der Waals surface area contributed by atoms with Crippen LogP contribution in [0, 0.1) is 0 Å². The minimum Gasteiger partial charge on any atom is -0.381 e. The molecule has 0 aliphatic heterocycles. The number of nitrogens with two attached hydrogens (primary N) is 1. The maximum Gasteiger partial charge on any atom is 0.222 e. The van der Waals surface area contributed by atoms with Crippen molar-refractivity contribution in [2.24, 2.45) is 5.73 Å². The Morgan fingerprint density at radius 3 is 3.11 bits per heavy atom. The van der Waals surface area contributed by atoms with Crippen molar-refractivity contribution in [2.45, 2.75) is 31.7 Å². The number of nitrogens with zero attached hydrogens (tertiary/aromatic N) is 1. The van der Waals surface area contributed by atoms with Gasteiger partial charge in [0.05, 0.1) is 12.9 Å². The molecule has 1 heterocycles. The lowest BCUT2D eigenvalue weighted by Gasteiger charge is -2.10. The first-order chi connectivity index (χ1) is 8.72. The molecule has 1 unspecified atom stereocenters. The van der Waals surface area contributed by atoms with Crippen molar-refractivity contribution < 1.29 is 9.53 Å². The zero-order valence-electron chi connectivity index (χ0n) is 10.8. The first-order valence-corrected chi connectivity index (χ1v) is 6.23. The number of carbonyl (C=O) groups is 1. The predicted octanol–water partition coefficient (Wildman–Crippen LogP) is 0.212. The molecule has 0 aliphatic rings. The van der Waals surface area contributed by atoms with Crippen LogP contribution >= 0.6 is 0 Å². The summed E-state index contributed by atoms with van der Waals surface area (Å²) in [5, 5.41) is 2.55. The van der Waals surface area contributed by atoms with E-state index in [-0.39, 0.29) is 11.9 Å². The maximum atomic E-state index is 10.9. The van der Waals surface area contributed by atoms with Crippen molar-refractivity contribution in [2.75, 3.05) is 20.3 Å². The van der Waals surface area contributed by atoms with Crippen LogP contribution in [-0.2, 0) is 16.0 Å². The van der Waals surface area contributed by atoms with Crippen molar-refractivity contribution in [3.63, 3.8) is 0 Å². The maximum absolute atomic E-state index is 10.9. The minimum atomic E-state index is 0.00551. The zero-order valence-corrected chi connectivity index (χ0v) is 10.8. The van der Waals surface area contributed by atoms with E-state index in [1.54, 1.807) is 19.6 Å². The van der Waals surface area contributed by atoms with Crippen LogP contribution < -0.4 is 11.1 Å². The van der Waals surface area contributed by atoms with Gasteiger partial charge in [-0.1, -0.05) is 0 Å². The molecule has 0 saturated heterocycles. The van der Waals surface area contributed by atoms with E-state index in [9.17, 15) is 4.79 Å². The average Bonchev–Trinajstić information content (AvgIpc) is 2.85. The Kier molecular flexibility index (Phi) is 7.05. The van der Waals surface area contributed by atoms with Gasteiger partial charge < -0.3 is 20.8 Å². The molecule has 6 nitrogen and oxygen atoms in total. The summed E-state index contributed by atoms with van der Waals surface area (Å²) in [4.78, 5) is 17.9. The Balaban J connectivity index is 1.96. The molecule has 1 atom stereocenters. The average molecular weight is 254 g/mol. The second-order valence-electron chi connectivity index (χ2n) is 4.22. The predicted molar refractivity (Wildman–Crippen MR) is 69.0 cm³/mol. The molecule has 1 rings (SSSR count). The smallest absolute Gasteiger partial charge is 0.222 e. The van der Waals surface area contributed by atoms with Gasteiger partial charge in [0.25, 0.3) is 0 Å². The van der Waals surface area contributed by atoms with Crippen molar-refractivity contribution in [3.05, 3.63) is 18.2 Å². The second-order valence-corrected chi connectivity index (χ2v) is 4.22. The van der Waals surface area contributed by atoms with Gasteiger partial charge in [0.15, 0.2) is 0 Å². The van der Waals surface area contributed by atoms with E-state index in [0.717, 1.165) is 25.0 Å². The molecular weight excluding hydrogens is 232 g/mol. The van der Waals surface area contributed by atoms with Crippen molar-refractivity contribution in [1.29, 1.82) is 0 Å². The van der Waals surface area contributed by atoms with Crippen molar-refractivity contribution in [3.8, 4) is 0 Å².